The molecule has 0 bridgehead atoms. The fourth-order valence-electron chi connectivity index (χ4n) is 1.60. The first-order chi connectivity index (χ1) is 6.86. The first-order valence-corrected chi connectivity index (χ1v) is 6.11. The van der Waals surface area contributed by atoms with Crippen LogP contribution in [0.5, 0.6) is 0 Å². The number of anilines is 1. The summed E-state index contributed by atoms with van der Waals surface area (Å²) in [5.74, 6) is -0.687. The van der Waals surface area contributed by atoms with Crippen molar-refractivity contribution in [2.45, 2.75) is 23.5 Å². The van der Waals surface area contributed by atoms with E-state index in [1.807, 2.05) is 0 Å². The molecule has 1 N–H and O–H groups in total. The topological polar surface area (TPSA) is 46.2 Å². The molecule has 0 saturated carbocycles. The second kappa shape index (κ2) is 2.95. The Labute approximate surface area is 88.2 Å². The zero-order valence-corrected chi connectivity index (χ0v) is 9.36. The van der Waals surface area contributed by atoms with Crippen LogP contribution in [0, 0.1) is 5.82 Å². The van der Waals surface area contributed by atoms with E-state index in [2.05, 4.69) is 5.32 Å². The van der Waals surface area contributed by atoms with Gasteiger partial charge in [-0.3, -0.25) is 0 Å². The molecular weight excluding hydrogens is 217 g/mol. The number of fused-ring (bicyclic) bond motifs is 1. The fourth-order valence-corrected chi connectivity index (χ4v) is 3.17. The largest absolute Gasteiger partial charge is 0.382 e. The Balaban J connectivity index is 2.78. The summed E-state index contributed by atoms with van der Waals surface area (Å²) in [6, 6.07) is 4.24. The molecule has 2 rings (SSSR count). The van der Waals surface area contributed by atoms with E-state index in [4.69, 9.17) is 0 Å². The molecule has 15 heavy (non-hydrogen) atoms. The third kappa shape index (κ3) is 1.33. The first-order valence-electron chi connectivity index (χ1n) is 4.63. The van der Waals surface area contributed by atoms with Gasteiger partial charge in [-0.05, 0) is 26.0 Å². The van der Waals surface area contributed by atoms with E-state index in [0.717, 1.165) is 0 Å². The molecule has 0 saturated heterocycles. The lowest BCUT2D eigenvalue weighted by Gasteiger charge is -2.32. The quantitative estimate of drug-likeness (QED) is 0.738. The monoisotopic (exact) mass is 229 g/mol. The number of sulfone groups is 1. The molecule has 0 fully saturated rings. The minimum Gasteiger partial charge on any atom is -0.382 e. The van der Waals surface area contributed by atoms with Crippen molar-refractivity contribution in [1.82, 2.24) is 0 Å². The summed E-state index contributed by atoms with van der Waals surface area (Å²) in [6.07, 6.45) is 0. The number of hydrogen-bond donors (Lipinski definition) is 1. The highest BCUT2D eigenvalue weighted by Gasteiger charge is 2.42. The third-order valence-electron chi connectivity index (χ3n) is 2.67. The van der Waals surface area contributed by atoms with Gasteiger partial charge in [-0.15, -0.1) is 0 Å². The van der Waals surface area contributed by atoms with Crippen LogP contribution in [0.15, 0.2) is 23.1 Å². The van der Waals surface area contributed by atoms with Crippen molar-refractivity contribution < 1.29 is 12.8 Å². The number of hydrogen-bond acceptors (Lipinski definition) is 3. The van der Waals surface area contributed by atoms with Crippen molar-refractivity contribution in [3.05, 3.63) is 24.0 Å². The van der Waals surface area contributed by atoms with E-state index in [-0.39, 0.29) is 4.90 Å². The van der Waals surface area contributed by atoms with Gasteiger partial charge in [0, 0.05) is 6.54 Å². The average Bonchev–Trinajstić information content (AvgIpc) is 2.12. The molecule has 1 aliphatic heterocycles. The maximum atomic E-state index is 13.5. The standard InChI is InChI=1S/C10H12FNO2S/c1-10(2)6-12-8-5-3-4-7(11)9(8)15(10,13)14/h3-5,12H,6H2,1-2H3. The van der Waals surface area contributed by atoms with Crippen LogP contribution in [0.4, 0.5) is 10.1 Å². The van der Waals surface area contributed by atoms with Crippen molar-refractivity contribution >= 4 is 15.5 Å². The van der Waals surface area contributed by atoms with Crippen LogP contribution in [0.1, 0.15) is 13.8 Å². The number of rotatable bonds is 0. The van der Waals surface area contributed by atoms with Gasteiger partial charge in [0.1, 0.15) is 10.7 Å². The van der Waals surface area contributed by atoms with Crippen molar-refractivity contribution in [1.29, 1.82) is 0 Å². The van der Waals surface area contributed by atoms with Crippen LogP contribution in [-0.4, -0.2) is 19.7 Å². The highest BCUT2D eigenvalue weighted by Crippen LogP contribution is 2.36. The van der Waals surface area contributed by atoms with E-state index in [9.17, 15) is 12.8 Å². The molecule has 1 aromatic rings. The van der Waals surface area contributed by atoms with Crippen molar-refractivity contribution in [3.8, 4) is 0 Å². The van der Waals surface area contributed by atoms with Crippen LogP contribution < -0.4 is 5.32 Å². The summed E-state index contributed by atoms with van der Waals surface area (Å²) in [6.45, 7) is 3.47. The SMILES string of the molecule is CC1(C)CNc2cccc(F)c2S1(=O)=O. The number of halogens is 1. The highest BCUT2D eigenvalue weighted by molar-refractivity contribution is 7.93. The van der Waals surface area contributed by atoms with Gasteiger partial charge in [0.2, 0.25) is 0 Å². The summed E-state index contributed by atoms with van der Waals surface area (Å²) in [4.78, 5) is -0.207. The van der Waals surface area contributed by atoms with Crippen molar-refractivity contribution in [2.24, 2.45) is 0 Å². The number of nitrogens with one attached hydrogen (secondary N) is 1. The molecular formula is C10H12FNO2S. The second-order valence-corrected chi connectivity index (χ2v) is 6.75. The van der Waals surface area contributed by atoms with Crippen LogP contribution in [0.25, 0.3) is 0 Å². The van der Waals surface area contributed by atoms with E-state index >= 15 is 0 Å². The normalized spacial score (nSPS) is 21.5. The molecule has 1 heterocycles. The Hall–Kier alpha value is -1.10. The Morgan fingerprint density at radius 1 is 1.40 bits per heavy atom. The van der Waals surface area contributed by atoms with Gasteiger partial charge in [-0.25, -0.2) is 12.8 Å². The molecule has 1 aliphatic rings. The fraction of sp³-hybridized carbons (Fsp3) is 0.400. The highest BCUT2D eigenvalue weighted by atomic mass is 32.2. The van der Waals surface area contributed by atoms with Gasteiger partial charge in [-0.2, -0.15) is 0 Å². The van der Waals surface area contributed by atoms with Gasteiger partial charge < -0.3 is 5.32 Å². The molecule has 3 nitrogen and oxygen atoms in total. The molecule has 0 aromatic heterocycles. The predicted octanol–water partition coefficient (Wildman–Crippen LogP) is 1.80. The van der Waals surface area contributed by atoms with Crippen LogP contribution in [-0.2, 0) is 9.84 Å². The predicted molar refractivity (Wildman–Crippen MR) is 56.2 cm³/mol. The molecule has 0 aliphatic carbocycles. The molecule has 0 radical (unpaired) electrons. The van der Waals surface area contributed by atoms with Crippen LogP contribution in [0.3, 0.4) is 0 Å². The van der Waals surface area contributed by atoms with Gasteiger partial charge in [0.25, 0.3) is 0 Å². The van der Waals surface area contributed by atoms with E-state index in [1.165, 1.54) is 12.1 Å². The summed E-state index contributed by atoms with van der Waals surface area (Å²) in [5.41, 5.74) is 0.356. The Kier molecular flexibility index (Phi) is 2.05. The minimum atomic E-state index is -3.59. The summed E-state index contributed by atoms with van der Waals surface area (Å²) >= 11 is 0. The lowest BCUT2D eigenvalue weighted by Crippen LogP contribution is -2.43. The molecule has 1 aromatic carbocycles. The van der Waals surface area contributed by atoms with Crippen molar-refractivity contribution in [2.75, 3.05) is 11.9 Å². The van der Waals surface area contributed by atoms with Crippen LogP contribution in [0.2, 0.25) is 0 Å². The molecule has 82 valence electrons. The minimum absolute atomic E-state index is 0.207. The summed E-state index contributed by atoms with van der Waals surface area (Å²) in [7, 11) is -3.59. The zero-order valence-electron chi connectivity index (χ0n) is 8.54. The van der Waals surface area contributed by atoms with Crippen LogP contribution >= 0.6 is 0 Å². The lowest BCUT2D eigenvalue weighted by atomic mass is 10.2. The third-order valence-corrected chi connectivity index (χ3v) is 5.22. The molecule has 0 atom stereocenters. The van der Waals surface area contributed by atoms with Gasteiger partial charge in [0.05, 0.1) is 10.4 Å². The second-order valence-electron chi connectivity index (χ2n) is 4.23. The van der Waals surface area contributed by atoms with E-state index in [0.29, 0.717) is 12.2 Å². The first kappa shape index (κ1) is 10.4. The Morgan fingerprint density at radius 3 is 2.73 bits per heavy atom. The van der Waals surface area contributed by atoms with Crippen molar-refractivity contribution in [3.63, 3.8) is 0 Å². The van der Waals surface area contributed by atoms with Gasteiger partial charge in [-0.1, -0.05) is 6.07 Å². The smallest absolute Gasteiger partial charge is 0.190 e. The maximum absolute atomic E-state index is 13.5. The van der Waals surface area contributed by atoms with E-state index < -0.39 is 20.4 Å². The molecule has 5 heteroatoms. The molecule has 0 amide bonds. The van der Waals surface area contributed by atoms with E-state index in [1.54, 1.807) is 19.9 Å². The maximum Gasteiger partial charge on any atom is 0.190 e. The zero-order chi connectivity index (χ0) is 11.3. The average molecular weight is 229 g/mol. The van der Waals surface area contributed by atoms with Gasteiger partial charge >= 0.3 is 0 Å². The molecule has 0 spiro atoms. The number of benzene rings is 1. The Morgan fingerprint density at radius 2 is 2.07 bits per heavy atom. The summed E-state index contributed by atoms with van der Waals surface area (Å²) in [5, 5.41) is 2.93. The molecule has 0 unspecified atom stereocenters. The van der Waals surface area contributed by atoms with Gasteiger partial charge in [0.15, 0.2) is 9.84 Å². The Bertz CT molecular complexity index is 508. The lowest BCUT2D eigenvalue weighted by molar-refractivity contribution is 0.529. The summed E-state index contributed by atoms with van der Waals surface area (Å²) < 4.78 is 36.7.